The van der Waals surface area contributed by atoms with Gasteiger partial charge in [0.15, 0.2) is 0 Å². The molecule has 0 N–H and O–H groups in total. The molecule has 0 amide bonds. The van der Waals surface area contributed by atoms with E-state index in [9.17, 15) is 26.0 Å². The Balaban J connectivity index is 1.75. The van der Waals surface area contributed by atoms with Gasteiger partial charge in [-0.15, -0.1) is 0 Å². The van der Waals surface area contributed by atoms with Gasteiger partial charge in [0.1, 0.15) is 5.82 Å². The van der Waals surface area contributed by atoms with Crippen LogP contribution >= 0.6 is 0 Å². The molecule has 9 heteroatoms. The summed E-state index contributed by atoms with van der Waals surface area (Å²) in [5.41, 5.74) is -0.0841. The molecule has 158 valence electrons. The highest BCUT2D eigenvalue weighted by molar-refractivity contribution is 7.89. The average molecular weight is 430 g/mol. The fraction of sp³-hybridized carbons (Fsp3) is 0.400. The SMILES string of the molecule is Cc1ccc(F)cc1S(=O)(=O)N(C)C1CCN(Cc2ccccc2C(F)(F)F)C1. The molecule has 1 saturated heterocycles. The van der Waals surface area contributed by atoms with E-state index in [-0.39, 0.29) is 17.0 Å². The summed E-state index contributed by atoms with van der Waals surface area (Å²) < 4.78 is 80.3. The maximum Gasteiger partial charge on any atom is 0.416 e. The molecule has 1 atom stereocenters. The lowest BCUT2D eigenvalue weighted by molar-refractivity contribution is -0.138. The van der Waals surface area contributed by atoms with Crippen molar-refractivity contribution in [3.63, 3.8) is 0 Å². The van der Waals surface area contributed by atoms with Gasteiger partial charge in [-0.2, -0.15) is 17.5 Å². The van der Waals surface area contributed by atoms with Crippen LogP contribution < -0.4 is 0 Å². The summed E-state index contributed by atoms with van der Waals surface area (Å²) in [4.78, 5) is 1.71. The summed E-state index contributed by atoms with van der Waals surface area (Å²) in [6.07, 6.45) is -3.96. The van der Waals surface area contributed by atoms with Gasteiger partial charge in [-0.25, -0.2) is 12.8 Å². The van der Waals surface area contributed by atoms with Gasteiger partial charge < -0.3 is 0 Å². The molecule has 1 heterocycles. The van der Waals surface area contributed by atoms with Gasteiger partial charge in [0.2, 0.25) is 10.0 Å². The monoisotopic (exact) mass is 430 g/mol. The largest absolute Gasteiger partial charge is 0.416 e. The Kier molecular flexibility index (Phi) is 6.03. The molecule has 2 aromatic carbocycles. The Morgan fingerprint density at radius 2 is 1.86 bits per heavy atom. The minimum Gasteiger partial charge on any atom is -0.297 e. The van der Waals surface area contributed by atoms with Gasteiger partial charge in [0, 0.05) is 32.7 Å². The van der Waals surface area contributed by atoms with Crippen LogP contribution in [0.1, 0.15) is 23.1 Å². The van der Waals surface area contributed by atoms with Crippen molar-refractivity contribution in [3.8, 4) is 0 Å². The average Bonchev–Trinajstić information content (AvgIpc) is 3.11. The van der Waals surface area contributed by atoms with Gasteiger partial charge in [-0.3, -0.25) is 4.90 Å². The number of halogens is 4. The first-order valence-corrected chi connectivity index (χ1v) is 10.6. The number of nitrogens with zero attached hydrogens (tertiary/aromatic N) is 2. The summed E-state index contributed by atoms with van der Waals surface area (Å²) in [7, 11) is -2.49. The number of likely N-dealkylation sites (N-methyl/N-ethyl adjacent to an activating group) is 1. The third-order valence-electron chi connectivity index (χ3n) is 5.29. The molecule has 0 aliphatic carbocycles. The molecule has 0 spiro atoms. The normalized spacial score (nSPS) is 18.5. The van der Waals surface area contributed by atoms with Crippen LogP contribution in [0.15, 0.2) is 47.4 Å². The first kappa shape index (κ1) is 21.7. The Hall–Kier alpha value is -1.97. The van der Waals surface area contributed by atoms with E-state index in [1.165, 1.54) is 35.6 Å². The zero-order chi connectivity index (χ0) is 21.4. The lowest BCUT2D eigenvalue weighted by atomic mass is 10.1. The third kappa shape index (κ3) is 4.62. The summed E-state index contributed by atoms with van der Waals surface area (Å²) >= 11 is 0. The Morgan fingerprint density at radius 3 is 2.55 bits per heavy atom. The quantitative estimate of drug-likeness (QED) is 0.672. The number of sulfonamides is 1. The van der Waals surface area contributed by atoms with E-state index >= 15 is 0 Å². The fourth-order valence-electron chi connectivity index (χ4n) is 3.63. The van der Waals surface area contributed by atoms with Crippen LogP contribution in [0.4, 0.5) is 17.6 Å². The molecule has 1 unspecified atom stereocenters. The highest BCUT2D eigenvalue weighted by Crippen LogP contribution is 2.33. The minimum atomic E-state index is -4.44. The van der Waals surface area contributed by atoms with E-state index in [4.69, 9.17) is 0 Å². The lowest BCUT2D eigenvalue weighted by Crippen LogP contribution is -2.39. The van der Waals surface area contributed by atoms with Crippen LogP contribution in [-0.2, 0) is 22.7 Å². The molecule has 1 aliphatic heterocycles. The maximum absolute atomic E-state index is 13.6. The topological polar surface area (TPSA) is 40.6 Å². The van der Waals surface area contributed by atoms with Crippen LogP contribution in [0.2, 0.25) is 0 Å². The minimum absolute atomic E-state index is 0.0824. The van der Waals surface area contributed by atoms with Gasteiger partial charge in [-0.1, -0.05) is 24.3 Å². The number of hydrogen-bond acceptors (Lipinski definition) is 3. The number of likely N-dealkylation sites (tertiary alicyclic amines) is 1. The molecule has 0 radical (unpaired) electrons. The Bertz CT molecular complexity index is 992. The second-order valence-electron chi connectivity index (χ2n) is 7.26. The molecule has 4 nitrogen and oxygen atoms in total. The standard InChI is InChI=1S/C20H22F4N2O2S/c1-14-7-8-16(21)11-19(14)29(27,28)25(2)17-9-10-26(13-17)12-15-5-3-4-6-18(15)20(22,23)24/h3-8,11,17H,9-10,12-13H2,1-2H3. The zero-order valence-electron chi connectivity index (χ0n) is 16.1. The lowest BCUT2D eigenvalue weighted by Gasteiger charge is -2.25. The van der Waals surface area contributed by atoms with Crippen LogP contribution in [0.25, 0.3) is 0 Å². The second kappa shape index (κ2) is 8.04. The number of benzene rings is 2. The summed E-state index contributed by atoms with van der Waals surface area (Å²) in [6.45, 7) is 2.45. The smallest absolute Gasteiger partial charge is 0.297 e. The van der Waals surface area contributed by atoms with Crippen molar-refractivity contribution < 1.29 is 26.0 Å². The summed E-state index contributed by atoms with van der Waals surface area (Å²) in [6, 6.07) is 8.59. The van der Waals surface area contributed by atoms with E-state index in [0.717, 1.165) is 12.1 Å². The molecule has 3 rings (SSSR count). The number of alkyl halides is 3. The van der Waals surface area contributed by atoms with Crippen molar-refractivity contribution in [2.75, 3.05) is 20.1 Å². The van der Waals surface area contributed by atoms with Crippen LogP contribution in [0.5, 0.6) is 0 Å². The maximum atomic E-state index is 13.6. The summed E-state index contributed by atoms with van der Waals surface area (Å²) in [5.74, 6) is -0.639. The molecule has 0 aromatic heterocycles. The van der Waals surface area contributed by atoms with Crippen LogP contribution in [0.3, 0.4) is 0 Å². The van der Waals surface area contributed by atoms with Crippen LogP contribution in [0, 0.1) is 12.7 Å². The Labute approximate surface area is 167 Å². The van der Waals surface area contributed by atoms with Crippen molar-refractivity contribution in [1.82, 2.24) is 9.21 Å². The fourth-order valence-corrected chi connectivity index (χ4v) is 5.24. The molecule has 2 aromatic rings. The highest BCUT2D eigenvalue weighted by Gasteiger charge is 2.36. The molecule has 1 aliphatic rings. The van der Waals surface area contributed by atoms with Crippen LogP contribution in [-0.4, -0.2) is 43.8 Å². The molecule has 1 fully saturated rings. The van der Waals surface area contributed by atoms with Gasteiger partial charge in [0.25, 0.3) is 0 Å². The molecule has 0 bridgehead atoms. The number of rotatable bonds is 5. The van der Waals surface area contributed by atoms with E-state index in [0.29, 0.717) is 25.1 Å². The van der Waals surface area contributed by atoms with Crippen molar-refractivity contribution in [1.29, 1.82) is 0 Å². The number of hydrogen-bond donors (Lipinski definition) is 0. The van der Waals surface area contributed by atoms with E-state index < -0.39 is 33.6 Å². The first-order valence-electron chi connectivity index (χ1n) is 9.12. The molecular formula is C20H22F4N2O2S. The van der Waals surface area contributed by atoms with Gasteiger partial charge in [0.05, 0.1) is 10.5 Å². The zero-order valence-corrected chi connectivity index (χ0v) is 16.9. The van der Waals surface area contributed by atoms with Gasteiger partial charge in [-0.05, 0) is 42.7 Å². The molecule has 29 heavy (non-hydrogen) atoms. The molecular weight excluding hydrogens is 408 g/mol. The van der Waals surface area contributed by atoms with E-state index in [1.54, 1.807) is 17.9 Å². The predicted octanol–water partition coefficient (Wildman–Crippen LogP) is 4.05. The van der Waals surface area contributed by atoms with E-state index in [1.807, 2.05) is 0 Å². The van der Waals surface area contributed by atoms with Gasteiger partial charge >= 0.3 is 6.18 Å². The second-order valence-corrected chi connectivity index (χ2v) is 9.23. The highest BCUT2D eigenvalue weighted by atomic mass is 32.2. The predicted molar refractivity (Wildman–Crippen MR) is 101 cm³/mol. The first-order chi connectivity index (χ1) is 13.5. The van der Waals surface area contributed by atoms with Crippen molar-refractivity contribution >= 4 is 10.0 Å². The molecule has 0 saturated carbocycles. The van der Waals surface area contributed by atoms with E-state index in [2.05, 4.69) is 0 Å². The van der Waals surface area contributed by atoms with Crippen molar-refractivity contribution in [2.24, 2.45) is 0 Å². The number of aryl methyl sites for hydroxylation is 1. The Morgan fingerprint density at radius 1 is 1.17 bits per heavy atom. The van der Waals surface area contributed by atoms with Crippen molar-refractivity contribution in [2.45, 2.75) is 37.0 Å². The third-order valence-corrected chi connectivity index (χ3v) is 7.34. The summed E-state index contributed by atoms with van der Waals surface area (Å²) in [5, 5.41) is 0. The van der Waals surface area contributed by atoms with Crippen molar-refractivity contribution in [3.05, 3.63) is 65.0 Å².